The fourth-order valence-corrected chi connectivity index (χ4v) is 2.81. The monoisotopic (exact) mass is 414 g/mol. The van der Waals surface area contributed by atoms with Crippen molar-refractivity contribution in [3.05, 3.63) is 12.2 Å². The van der Waals surface area contributed by atoms with Gasteiger partial charge in [0.1, 0.15) is 6.04 Å². The Hall–Kier alpha value is -1.40. The van der Waals surface area contributed by atoms with Gasteiger partial charge in [0.15, 0.2) is 0 Å². The molecule has 1 atom stereocenters. The first-order valence-electron chi connectivity index (χ1n) is 11.5. The third-order valence-electron chi connectivity index (χ3n) is 4.69. The Morgan fingerprint density at radius 2 is 1.28 bits per heavy atom. The van der Waals surface area contributed by atoms with Crippen LogP contribution in [0.15, 0.2) is 12.2 Å². The molecule has 29 heavy (non-hydrogen) atoms. The van der Waals surface area contributed by atoms with Gasteiger partial charge in [-0.25, -0.2) is 0 Å². The normalized spacial score (nSPS) is 11.8. The van der Waals surface area contributed by atoms with E-state index >= 15 is 0 Å². The minimum atomic E-state index is -0.955. The van der Waals surface area contributed by atoms with Crippen molar-refractivity contribution in [2.24, 2.45) is 11.5 Å². The molecule has 172 valence electrons. The van der Waals surface area contributed by atoms with Crippen LogP contribution in [-0.4, -0.2) is 34.7 Å². The number of carboxylic acids is 2. The second kappa shape index (κ2) is 24.6. The van der Waals surface area contributed by atoms with Gasteiger partial charge in [0.25, 0.3) is 0 Å². The molecule has 0 aromatic carbocycles. The van der Waals surface area contributed by atoms with Gasteiger partial charge in [-0.2, -0.15) is 0 Å². The minimum Gasteiger partial charge on any atom is -0.481 e. The van der Waals surface area contributed by atoms with E-state index in [1.807, 2.05) is 0 Å². The highest BCUT2D eigenvalue weighted by Gasteiger charge is 2.08. The first-order chi connectivity index (χ1) is 14.0. The molecule has 1 unspecified atom stereocenters. The van der Waals surface area contributed by atoms with Crippen LogP contribution in [0.4, 0.5) is 0 Å². The van der Waals surface area contributed by atoms with Crippen LogP contribution >= 0.6 is 0 Å². The highest BCUT2D eigenvalue weighted by Crippen LogP contribution is 2.09. The Balaban J connectivity index is 0. The molecule has 0 amide bonds. The molecular weight excluding hydrogens is 368 g/mol. The second-order valence-corrected chi connectivity index (χ2v) is 7.60. The molecule has 0 bridgehead atoms. The molecule has 0 aliphatic heterocycles. The van der Waals surface area contributed by atoms with Crippen LogP contribution in [0.1, 0.15) is 110 Å². The van der Waals surface area contributed by atoms with Gasteiger partial charge in [-0.3, -0.25) is 9.59 Å². The standard InChI is InChI=1S/C18H34O2.C5H12N2O2/c1-2-3-4-5-6-7-8-9-10-11-12-13-14-15-16-17-18(19)20;6-3-1-2-4(7)5(8)9/h9-10H,2-8,11-17H2,1H3,(H,19,20);4H,1-3,6-7H2,(H,8,9). The van der Waals surface area contributed by atoms with E-state index in [1.54, 1.807) is 0 Å². The molecule has 0 rings (SSSR count). The van der Waals surface area contributed by atoms with Crippen LogP contribution in [0.2, 0.25) is 0 Å². The predicted octanol–water partition coefficient (Wildman–Crippen LogP) is 5.25. The Morgan fingerprint density at radius 1 is 0.793 bits per heavy atom. The molecule has 6 N–H and O–H groups in total. The van der Waals surface area contributed by atoms with Crippen LogP contribution in [-0.2, 0) is 9.59 Å². The van der Waals surface area contributed by atoms with Gasteiger partial charge in [0, 0.05) is 6.42 Å². The van der Waals surface area contributed by atoms with Crippen LogP contribution in [0.3, 0.4) is 0 Å². The number of carboxylic acid groups (broad SMARTS) is 2. The molecule has 0 heterocycles. The number of carbonyl (C=O) groups is 2. The predicted molar refractivity (Wildman–Crippen MR) is 121 cm³/mol. The van der Waals surface area contributed by atoms with Gasteiger partial charge in [0.05, 0.1) is 0 Å². The number of hydrogen-bond acceptors (Lipinski definition) is 4. The topological polar surface area (TPSA) is 127 Å². The third-order valence-corrected chi connectivity index (χ3v) is 4.69. The van der Waals surface area contributed by atoms with Crippen molar-refractivity contribution in [2.75, 3.05) is 6.54 Å². The summed E-state index contributed by atoms with van der Waals surface area (Å²) in [6.45, 7) is 2.76. The van der Waals surface area contributed by atoms with Crippen LogP contribution in [0.25, 0.3) is 0 Å². The van der Waals surface area contributed by atoms with Gasteiger partial charge in [-0.05, 0) is 51.5 Å². The van der Waals surface area contributed by atoms with Crippen molar-refractivity contribution in [2.45, 2.75) is 116 Å². The van der Waals surface area contributed by atoms with E-state index in [-0.39, 0.29) is 0 Å². The first-order valence-corrected chi connectivity index (χ1v) is 11.5. The van der Waals surface area contributed by atoms with Crippen LogP contribution in [0, 0.1) is 0 Å². The lowest BCUT2D eigenvalue weighted by Gasteiger charge is -2.02. The lowest BCUT2D eigenvalue weighted by atomic mass is 10.1. The molecule has 6 nitrogen and oxygen atoms in total. The van der Waals surface area contributed by atoms with E-state index in [9.17, 15) is 9.59 Å². The zero-order chi connectivity index (χ0) is 22.2. The molecule has 0 fully saturated rings. The fraction of sp³-hybridized carbons (Fsp3) is 0.826. The van der Waals surface area contributed by atoms with Crippen LogP contribution < -0.4 is 11.5 Å². The van der Waals surface area contributed by atoms with Gasteiger partial charge in [0.2, 0.25) is 0 Å². The summed E-state index contributed by atoms with van der Waals surface area (Å²) in [6, 6.07) is -0.742. The maximum atomic E-state index is 10.3. The van der Waals surface area contributed by atoms with E-state index in [2.05, 4.69) is 19.1 Å². The Kier molecular flexibility index (Phi) is 25.3. The molecular formula is C23H46N2O4. The lowest BCUT2D eigenvalue weighted by molar-refractivity contribution is -0.139. The zero-order valence-electron chi connectivity index (χ0n) is 18.6. The number of aliphatic carboxylic acids is 2. The summed E-state index contributed by atoms with van der Waals surface area (Å²) in [5.41, 5.74) is 10.3. The summed E-state index contributed by atoms with van der Waals surface area (Å²) in [6.07, 6.45) is 22.4. The van der Waals surface area contributed by atoms with Crippen molar-refractivity contribution >= 4 is 11.9 Å². The molecule has 0 saturated heterocycles. The largest absolute Gasteiger partial charge is 0.481 e. The highest BCUT2D eigenvalue weighted by molar-refractivity contribution is 5.72. The van der Waals surface area contributed by atoms with Crippen molar-refractivity contribution in [1.82, 2.24) is 0 Å². The van der Waals surface area contributed by atoms with E-state index in [4.69, 9.17) is 21.7 Å². The maximum Gasteiger partial charge on any atom is 0.320 e. The average molecular weight is 415 g/mol. The number of unbranched alkanes of at least 4 members (excludes halogenated alkanes) is 11. The summed E-state index contributed by atoms with van der Waals surface area (Å²) in [4.78, 5) is 20.4. The summed E-state index contributed by atoms with van der Waals surface area (Å²) in [5, 5.41) is 16.8. The van der Waals surface area contributed by atoms with Gasteiger partial charge in [-0.15, -0.1) is 0 Å². The first kappa shape index (κ1) is 29.8. The fourth-order valence-electron chi connectivity index (χ4n) is 2.81. The van der Waals surface area contributed by atoms with E-state index in [1.165, 1.54) is 70.6 Å². The Morgan fingerprint density at radius 3 is 1.72 bits per heavy atom. The Labute approximate surface area is 178 Å². The smallest absolute Gasteiger partial charge is 0.320 e. The molecule has 0 aliphatic carbocycles. The van der Waals surface area contributed by atoms with Gasteiger partial charge >= 0.3 is 11.9 Å². The van der Waals surface area contributed by atoms with Gasteiger partial charge < -0.3 is 21.7 Å². The van der Waals surface area contributed by atoms with E-state index in [0.29, 0.717) is 25.8 Å². The van der Waals surface area contributed by atoms with E-state index in [0.717, 1.165) is 12.8 Å². The van der Waals surface area contributed by atoms with E-state index < -0.39 is 18.0 Å². The molecule has 0 aliphatic rings. The van der Waals surface area contributed by atoms with Crippen LogP contribution in [0.5, 0.6) is 0 Å². The van der Waals surface area contributed by atoms with Crippen molar-refractivity contribution in [1.29, 1.82) is 0 Å². The third kappa shape index (κ3) is 28.9. The van der Waals surface area contributed by atoms with Gasteiger partial charge in [-0.1, -0.05) is 70.4 Å². The maximum absolute atomic E-state index is 10.3. The summed E-state index contributed by atoms with van der Waals surface area (Å²) < 4.78 is 0. The summed E-state index contributed by atoms with van der Waals surface area (Å²) in [7, 11) is 0. The number of hydrogen-bond donors (Lipinski definition) is 4. The zero-order valence-corrected chi connectivity index (χ0v) is 18.6. The quantitative estimate of drug-likeness (QED) is 0.169. The minimum absolute atomic E-state index is 0.332. The average Bonchev–Trinajstić information content (AvgIpc) is 2.69. The number of nitrogens with two attached hydrogens (primary N) is 2. The van der Waals surface area contributed by atoms with Crippen molar-refractivity contribution < 1.29 is 19.8 Å². The lowest BCUT2D eigenvalue weighted by Crippen LogP contribution is -2.30. The summed E-state index contributed by atoms with van der Waals surface area (Å²) >= 11 is 0. The number of allylic oxidation sites excluding steroid dienone is 2. The highest BCUT2D eigenvalue weighted by atomic mass is 16.4. The molecule has 0 radical (unpaired) electrons. The molecule has 0 aromatic rings. The number of rotatable bonds is 19. The molecule has 6 heteroatoms. The molecule has 0 spiro atoms. The summed E-state index contributed by atoms with van der Waals surface area (Å²) in [5.74, 6) is -1.62. The second-order valence-electron chi connectivity index (χ2n) is 7.60. The molecule has 0 aromatic heterocycles. The molecule has 0 saturated carbocycles. The van der Waals surface area contributed by atoms with Crippen molar-refractivity contribution in [3.63, 3.8) is 0 Å². The Bertz CT molecular complexity index is 400. The SMILES string of the molecule is CCCCCCCCC=CCCCCCCCC(=O)O.NCCCC(N)C(=O)O. The van der Waals surface area contributed by atoms with Crippen molar-refractivity contribution in [3.8, 4) is 0 Å².